The van der Waals surface area contributed by atoms with Gasteiger partial charge in [-0.1, -0.05) is 23.7 Å². The molecule has 0 amide bonds. The van der Waals surface area contributed by atoms with Gasteiger partial charge in [-0.3, -0.25) is 0 Å². The molecule has 0 radical (unpaired) electrons. The predicted molar refractivity (Wildman–Crippen MR) is 69.3 cm³/mol. The third-order valence-electron chi connectivity index (χ3n) is 3.04. The van der Waals surface area contributed by atoms with Crippen LogP contribution in [0, 0.1) is 5.92 Å². The van der Waals surface area contributed by atoms with E-state index in [0.717, 1.165) is 36.5 Å². The highest BCUT2D eigenvalue weighted by atomic mass is 35.5. The fourth-order valence-corrected chi connectivity index (χ4v) is 2.22. The second-order valence-electron chi connectivity index (χ2n) is 4.08. The number of hydrogen-bond acceptors (Lipinski definition) is 2. The van der Waals surface area contributed by atoms with Gasteiger partial charge in [-0.15, -0.1) is 12.4 Å². The lowest BCUT2D eigenvalue weighted by atomic mass is 9.88. The first-order valence-corrected chi connectivity index (χ1v) is 5.79. The van der Waals surface area contributed by atoms with Gasteiger partial charge in [0.25, 0.3) is 0 Å². The van der Waals surface area contributed by atoms with Crippen LogP contribution in [0.15, 0.2) is 24.3 Å². The van der Waals surface area contributed by atoms with Gasteiger partial charge in [0.05, 0.1) is 6.10 Å². The maximum atomic E-state index is 10.2. The van der Waals surface area contributed by atoms with Crippen molar-refractivity contribution >= 4 is 24.0 Å². The normalized spacial score (nSPS) is 18.9. The first-order valence-electron chi connectivity index (χ1n) is 5.41. The maximum absolute atomic E-state index is 10.2. The number of benzene rings is 1. The Bertz CT molecular complexity index is 309. The molecule has 2 N–H and O–H groups in total. The zero-order valence-corrected chi connectivity index (χ0v) is 10.6. The Hall–Kier alpha value is -0.280. The SMILES string of the molecule is Cl.OC(c1ccc(Cl)cc1)C1CCNCC1. The highest BCUT2D eigenvalue weighted by Crippen LogP contribution is 2.29. The predicted octanol–water partition coefficient (Wildman–Crippen LogP) is 2.79. The Morgan fingerprint density at radius 1 is 1.19 bits per heavy atom. The van der Waals surface area contributed by atoms with Crippen molar-refractivity contribution in [3.8, 4) is 0 Å². The van der Waals surface area contributed by atoms with E-state index in [2.05, 4.69) is 5.32 Å². The summed E-state index contributed by atoms with van der Waals surface area (Å²) in [6, 6.07) is 7.49. The molecule has 1 saturated heterocycles. The van der Waals surface area contributed by atoms with Crippen LogP contribution in [0.1, 0.15) is 24.5 Å². The molecule has 1 aliphatic heterocycles. The van der Waals surface area contributed by atoms with Crippen molar-refractivity contribution in [1.82, 2.24) is 5.32 Å². The van der Waals surface area contributed by atoms with Crippen LogP contribution in [-0.2, 0) is 0 Å². The minimum atomic E-state index is -0.343. The van der Waals surface area contributed by atoms with Crippen molar-refractivity contribution in [3.05, 3.63) is 34.9 Å². The minimum Gasteiger partial charge on any atom is -0.388 e. The van der Waals surface area contributed by atoms with Crippen LogP contribution in [0.2, 0.25) is 5.02 Å². The Morgan fingerprint density at radius 3 is 2.31 bits per heavy atom. The number of aliphatic hydroxyl groups is 1. The zero-order chi connectivity index (χ0) is 10.7. The van der Waals surface area contributed by atoms with Crippen LogP contribution in [0.5, 0.6) is 0 Å². The summed E-state index contributed by atoms with van der Waals surface area (Å²) in [5, 5.41) is 14.2. The molecule has 1 fully saturated rings. The Morgan fingerprint density at radius 2 is 1.75 bits per heavy atom. The highest BCUT2D eigenvalue weighted by Gasteiger charge is 2.22. The number of aliphatic hydroxyl groups excluding tert-OH is 1. The number of nitrogens with one attached hydrogen (secondary N) is 1. The molecule has 0 spiro atoms. The lowest BCUT2D eigenvalue weighted by molar-refractivity contribution is 0.0889. The molecule has 0 bridgehead atoms. The van der Waals surface area contributed by atoms with Gasteiger partial charge in [0.15, 0.2) is 0 Å². The van der Waals surface area contributed by atoms with E-state index in [1.54, 1.807) is 0 Å². The molecule has 1 aromatic rings. The number of hydrogen-bond donors (Lipinski definition) is 2. The van der Waals surface area contributed by atoms with Gasteiger partial charge >= 0.3 is 0 Å². The first-order chi connectivity index (χ1) is 7.27. The average Bonchev–Trinajstić information content (AvgIpc) is 2.30. The number of piperidine rings is 1. The Labute approximate surface area is 107 Å². The molecule has 1 aromatic carbocycles. The van der Waals surface area contributed by atoms with Crippen LogP contribution in [-0.4, -0.2) is 18.2 Å². The monoisotopic (exact) mass is 261 g/mol. The van der Waals surface area contributed by atoms with Crippen molar-refractivity contribution in [3.63, 3.8) is 0 Å². The van der Waals surface area contributed by atoms with Gasteiger partial charge in [0, 0.05) is 5.02 Å². The molecule has 1 unspecified atom stereocenters. The molecule has 16 heavy (non-hydrogen) atoms. The third-order valence-corrected chi connectivity index (χ3v) is 3.29. The molecule has 90 valence electrons. The van der Waals surface area contributed by atoms with E-state index in [-0.39, 0.29) is 18.5 Å². The van der Waals surface area contributed by atoms with Gasteiger partial charge in [0.1, 0.15) is 0 Å². The van der Waals surface area contributed by atoms with E-state index >= 15 is 0 Å². The van der Waals surface area contributed by atoms with Crippen LogP contribution in [0.3, 0.4) is 0 Å². The fourth-order valence-electron chi connectivity index (χ4n) is 2.09. The lowest BCUT2D eigenvalue weighted by Crippen LogP contribution is -2.30. The van der Waals surface area contributed by atoms with E-state index in [4.69, 9.17) is 11.6 Å². The summed E-state index contributed by atoms with van der Waals surface area (Å²) in [4.78, 5) is 0. The van der Waals surface area contributed by atoms with Crippen molar-refractivity contribution in [2.75, 3.05) is 13.1 Å². The number of rotatable bonds is 2. The smallest absolute Gasteiger partial charge is 0.0819 e. The molecule has 1 aliphatic rings. The average molecular weight is 262 g/mol. The minimum absolute atomic E-state index is 0. The zero-order valence-electron chi connectivity index (χ0n) is 9.03. The van der Waals surface area contributed by atoms with E-state index in [1.807, 2.05) is 24.3 Å². The standard InChI is InChI=1S/C12H16ClNO.ClH/c13-11-3-1-9(2-4-11)12(15)10-5-7-14-8-6-10;/h1-4,10,12,14-15H,5-8H2;1H. The Balaban J connectivity index is 0.00000128. The van der Waals surface area contributed by atoms with Crippen molar-refractivity contribution in [2.45, 2.75) is 18.9 Å². The molecule has 1 heterocycles. The third kappa shape index (κ3) is 3.36. The van der Waals surface area contributed by atoms with Crippen molar-refractivity contribution < 1.29 is 5.11 Å². The summed E-state index contributed by atoms with van der Waals surface area (Å²) in [5.41, 5.74) is 0.978. The topological polar surface area (TPSA) is 32.3 Å². The first kappa shape index (κ1) is 13.8. The summed E-state index contributed by atoms with van der Waals surface area (Å²) in [5.74, 6) is 0.382. The van der Waals surface area contributed by atoms with E-state index in [0.29, 0.717) is 5.92 Å². The van der Waals surface area contributed by atoms with Gasteiger partial charge in [-0.25, -0.2) is 0 Å². The molecule has 0 aliphatic carbocycles. The van der Waals surface area contributed by atoms with Crippen LogP contribution in [0.25, 0.3) is 0 Å². The largest absolute Gasteiger partial charge is 0.388 e. The second kappa shape index (κ2) is 6.45. The summed E-state index contributed by atoms with van der Waals surface area (Å²) < 4.78 is 0. The number of halogens is 2. The molecule has 0 aromatic heterocycles. The van der Waals surface area contributed by atoms with Gasteiger partial charge in [-0.2, -0.15) is 0 Å². The van der Waals surface area contributed by atoms with Gasteiger partial charge in [0.2, 0.25) is 0 Å². The lowest BCUT2D eigenvalue weighted by Gasteiger charge is -2.27. The maximum Gasteiger partial charge on any atom is 0.0819 e. The van der Waals surface area contributed by atoms with Gasteiger partial charge in [-0.05, 0) is 49.5 Å². The molecule has 2 nitrogen and oxygen atoms in total. The molecule has 4 heteroatoms. The van der Waals surface area contributed by atoms with E-state index in [1.165, 1.54) is 0 Å². The van der Waals surface area contributed by atoms with E-state index < -0.39 is 0 Å². The van der Waals surface area contributed by atoms with Crippen LogP contribution < -0.4 is 5.32 Å². The fraction of sp³-hybridized carbons (Fsp3) is 0.500. The molecule has 1 atom stereocenters. The highest BCUT2D eigenvalue weighted by molar-refractivity contribution is 6.30. The summed E-state index contributed by atoms with van der Waals surface area (Å²) >= 11 is 5.81. The summed E-state index contributed by atoms with van der Waals surface area (Å²) in [7, 11) is 0. The molecular weight excluding hydrogens is 245 g/mol. The Kier molecular flexibility index (Phi) is 5.56. The van der Waals surface area contributed by atoms with Crippen molar-refractivity contribution in [1.29, 1.82) is 0 Å². The second-order valence-corrected chi connectivity index (χ2v) is 4.52. The van der Waals surface area contributed by atoms with Crippen LogP contribution in [0.4, 0.5) is 0 Å². The van der Waals surface area contributed by atoms with Gasteiger partial charge < -0.3 is 10.4 Å². The summed E-state index contributed by atoms with van der Waals surface area (Å²) in [6.07, 6.45) is 1.75. The molecular formula is C12H17Cl2NO. The quantitative estimate of drug-likeness (QED) is 0.859. The molecule has 2 rings (SSSR count). The summed E-state index contributed by atoms with van der Waals surface area (Å²) in [6.45, 7) is 2.02. The van der Waals surface area contributed by atoms with E-state index in [9.17, 15) is 5.11 Å². The van der Waals surface area contributed by atoms with Crippen LogP contribution >= 0.6 is 24.0 Å². The van der Waals surface area contributed by atoms with Crippen molar-refractivity contribution in [2.24, 2.45) is 5.92 Å². The molecule has 0 saturated carbocycles.